The first-order valence-corrected chi connectivity index (χ1v) is 8.08. The molecule has 0 aliphatic carbocycles. The van der Waals surface area contributed by atoms with Gasteiger partial charge in [0, 0.05) is 12.6 Å². The van der Waals surface area contributed by atoms with Crippen LogP contribution < -0.4 is 0 Å². The lowest BCUT2D eigenvalue weighted by atomic mass is 10.2. The molecule has 0 bridgehead atoms. The summed E-state index contributed by atoms with van der Waals surface area (Å²) in [6, 6.07) is -0.645. The molecular weight excluding hydrogens is 256 g/mol. The fraction of sp³-hybridized carbons (Fsp3) is 0.818. The van der Waals surface area contributed by atoms with E-state index in [2.05, 4.69) is 0 Å². The largest absolute Gasteiger partial charge is 0.327 e. The minimum absolute atomic E-state index is 0.00631. The van der Waals surface area contributed by atoms with Crippen molar-refractivity contribution < 1.29 is 18.0 Å². The van der Waals surface area contributed by atoms with Crippen LogP contribution in [0.2, 0.25) is 0 Å². The number of nitrogens with zero attached hydrogens (tertiary/aromatic N) is 2. The molecule has 2 aliphatic heterocycles. The monoisotopic (exact) mass is 274 g/mol. The molecule has 0 aromatic rings. The van der Waals surface area contributed by atoms with E-state index in [1.165, 1.54) is 9.80 Å². The van der Waals surface area contributed by atoms with Crippen molar-refractivity contribution in [3.63, 3.8) is 0 Å². The molecule has 0 N–H and O–H groups in total. The lowest BCUT2D eigenvalue weighted by Crippen LogP contribution is -2.40. The maximum Gasteiger partial charge on any atom is 0.327 e. The van der Waals surface area contributed by atoms with Crippen LogP contribution in [0.3, 0.4) is 0 Å². The second kappa shape index (κ2) is 4.87. The van der Waals surface area contributed by atoms with E-state index in [-0.39, 0.29) is 36.0 Å². The third-order valence-electron chi connectivity index (χ3n) is 3.47. The summed E-state index contributed by atoms with van der Waals surface area (Å²) in [6.45, 7) is 2.46. The molecule has 2 rings (SSSR count). The van der Waals surface area contributed by atoms with Crippen LogP contribution in [-0.2, 0) is 14.6 Å². The predicted molar refractivity (Wildman–Crippen MR) is 65.8 cm³/mol. The summed E-state index contributed by atoms with van der Waals surface area (Å²) in [5.74, 6) is -0.101. The lowest BCUT2D eigenvalue weighted by Gasteiger charge is -2.21. The number of sulfone groups is 1. The van der Waals surface area contributed by atoms with Gasteiger partial charge in [-0.2, -0.15) is 0 Å². The number of imide groups is 1. The Kier molecular flexibility index (Phi) is 3.61. The van der Waals surface area contributed by atoms with Crippen molar-refractivity contribution in [2.45, 2.75) is 32.2 Å². The molecule has 0 aromatic heterocycles. The van der Waals surface area contributed by atoms with Crippen molar-refractivity contribution in [3.8, 4) is 0 Å². The molecule has 1 atom stereocenters. The zero-order valence-electron chi connectivity index (χ0n) is 10.5. The minimum Gasteiger partial charge on any atom is -0.311 e. The fourth-order valence-corrected chi connectivity index (χ4v) is 4.13. The fourth-order valence-electron chi connectivity index (χ4n) is 2.40. The second-order valence-electron chi connectivity index (χ2n) is 4.87. The van der Waals surface area contributed by atoms with Crippen molar-refractivity contribution in [1.29, 1.82) is 0 Å². The second-order valence-corrected chi connectivity index (χ2v) is 7.09. The normalized spacial score (nSPS) is 27.3. The van der Waals surface area contributed by atoms with Crippen molar-refractivity contribution in [2.75, 3.05) is 24.6 Å². The highest BCUT2D eigenvalue weighted by atomic mass is 32.2. The van der Waals surface area contributed by atoms with Gasteiger partial charge in [0.15, 0.2) is 9.84 Å². The van der Waals surface area contributed by atoms with Crippen LogP contribution in [0.1, 0.15) is 26.2 Å². The Morgan fingerprint density at radius 1 is 1.33 bits per heavy atom. The Hall–Kier alpha value is -1.11. The zero-order valence-corrected chi connectivity index (χ0v) is 11.3. The van der Waals surface area contributed by atoms with Gasteiger partial charge >= 0.3 is 6.03 Å². The van der Waals surface area contributed by atoms with Gasteiger partial charge in [0.2, 0.25) is 5.91 Å². The molecule has 0 saturated carbocycles. The SMILES string of the molecule is CCCCN1C(=O)CN(C2CCS(=O)(=O)C2)C1=O. The molecule has 18 heavy (non-hydrogen) atoms. The summed E-state index contributed by atoms with van der Waals surface area (Å²) in [5.41, 5.74) is 0. The number of carbonyl (C=O) groups is 2. The van der Waals surface area contributed by atoms with Gasteiger partial charge < -0.3 is 4.90 Å². The van der Waals surface area contributed by atoms with Gasteiger partial charge in [0.1, 0.15) is 6.54 Å². The first kappa shape index (κ1) is 13.3. The average Bonchev–Trinajstić information content (AvgIpc) is 2.78. The van der Waals surface area contributed by atoms with Gasteiger partial charge in [-0.05, 0) is 12.8 Å². The van der Waals surface area contributed by atoms with Crippen LogP contribution in [0, 0.1) is 0 Å². The third-order valence-corrected chi connectivity index (χ3v) is 5.22. The molecular formula is C11H18N2O4S. The van der Waals surface area contributed by atoms with Gasteiger partial charge in [-0.25, -0.2) is 13.2 Å². The van der Waals surface area contributed by atoms with Crippen molar-refractivity contribution in [1.82, 2.24) is 9.80 Å². The summed E-state index contributed by atoms with van der Waals surface area (Å²) < 4.78 is 22.8. The molecule has 0 aromatic carbocycles. The van der Waals surface area contributed by atoms with E-state index in [1.54, 1.807) is 0 Å². The van der Waals surface area contributed by atoms with E-state index in [4.69, 9.17) is 0 Å². The molecule has 2 aliphatic rings. The third kappa shape index (κ3) is 2.50. The molecule has 2 saturated heterocycles. The van der Waals surface area contributed by atoms with Gasteiger partial charge in [-0.15, -0.1) is 0 Å². The minimum atomic E-state index is -3.03. The van der Waals surface area contributed by atoms with E-state index in [0.29, 0.717) is 13.0 Å². The van der Waals surface area contributed by atoms with E-state index < -0.39 is 9.84 Å². The van der Waals surface area contributed by atoms with Crippen LogP contribution >= 0.6 is 0 Å². The topological polar surface area (TPSA) is 74.8 Å². The lowest BCUT2D eigenvalue weighted by molar-refractivity contribution is -0.125. The zero-order chi connectivity index (χ0) is 13.3. The Morgan fingerprint density at radius 3 is 2.61 bits per heavy atom. The standard InChI is InChI=1S/C11H18N2O4S/c1-2-3-5-12-10(14)7-13(11(12)15)9-4-6-18(16,17)8-9/h9H,2-8H2,1H3. The first-order valence-electron chi connectivity index (χ1n) is 6.26. The molecule has 0 radical (unpaired) electrons. The summed E-state index contributed by atoms with van der Waals surface area (Å²) in [6.07, 6.45) is 2.14. The molecule has 0 spiro atoms. The Balaban J connectivity index is 2.04. The van der Waals surface area contributed by atoms with Crippen LogP contribution in [0.25, 0.3) is 0 Å². The van der Waals surface area contributed by atoms with Crippen molar-refractivity contribution in [2.24, 2.45) is 0 Å². The summed E-state index contributed by atoms with van der Waals surface area (Å²) >= 11 is 0. The Labute approximate surface area is 107 Å². The van der Waals surface area contributed by atoms with Gasteiger partial charge in [0.05, 0.1) is 11.5 Å². The van der Waals surface area contributed by atoms with E-state index >= 15 is 0 Å². The highest BCUT2D eigenvalue weighted by Crippen LogP contribution is 2.22. The Bertz CT molecular complexity index is 460. The van der Waals surface area contributed by atoms with E-state index in [9.17, 15) is 18.0 Å². The summed E-state index contributed by atoms with van der Waals surface area (Å²) in [5, 5.41) is 0. The number of urea groups is 1. The highest BCUT2D eigenvalue weighted by Gasteiger charge is 2.43. The molecule has 3 amide bonds. The molecule has 2 fully saturated rings. The van der Waals surface area contributed by atoms with Gasteiger partial charge in [-0.1, -0.05) is 13.3 Å². The molecule has 102 valence electrons. The van der Waals surface area contributed by atoms with Gasteiger partial charge in [0.25, 0.3) is 0 Å². The molecule has 6 nitrogen and oxygen atoms in total. The van der Waals surface area contributed by atoms with Crippen molar-refractivity contribution >= 4 is 21.8 Å². The molecule has 7 heteroatoms. The van der Waals surface area contributed by atoms with Crippen molar-refractivity contribution in [3.05, 3.63) is 0 Å². The average molecular weight is 274 g/mol. The number of rotatable bonds is 4. The summed E-state index contributed by atoms with van der Waals surface area (Å²) in [7, 11) is -3.03. The number of amides is 3. The first-order chi connectivity index (χ1) is 8.44. The molecule has 1 unspecified atom stereocenters. The van der Waals surface area contributed by atoms with Crippen LogP contribution in [0.15, 0.2) is 0 Å². The maximum atomic E-state index is 12.1. The number of hydrogen-bond donors (Lipinski definition) is 0. The van der Waals surface area contributed by atoms with E-state index in [1.807, 2.05) is 6.92 Å². The number of carbonyl (C=O) groups excluding carboxylic acids is 2. The number of hydrogen-bond acceptors (Lipinski definition) is 4. The smallest absolute Gasteiger partial charge is 0.311 e. The maximum absolute atomic E-state index is 12.1. The molecule has 2 heterocycles. The predicted octanol–water partition coefficient (Wildman–Crippen LogP) is 0.238. The summed E-state index contributed by atoms with van der Waals surface area (Å²) in [4.78, 5) is 26.5. The van der Waals surface area contributed by atoms with Crippen LogP contribution in [0.4, 0.5) is 4.79 Å². The quantitative estimate of drug-likeness (QED) is 0.688. The van der Waals surface area contributed by atoms with Gasteiger partial charge in [-0.3, -0.25) is 9.69 Å². The van der Waals surface area contributed by atoms with Crippen LogP contribution in [-0.4, -0.2) is 60.8 Å². The highest BCUT2D eigenvalue weighted by molar-refractivity contribution is 7.91. The number of unbranched alkanes of at least 4 members (excludes halogenated alkanes) is 1. The van der Waals surface area contributed by atoms with Crippen LogP contribution in [0.5, 0.6) is 0 Å². The Morgan fingerprint density at radius 2 is 2.06 bits per heavy atom. The van der Waals surface area contributed by atoms with E-state index in [0.717, 1.165) is 12.8 Å².